The third-order valence-corrected chi connectivity index (χ3v) is 7.90. The fraction of sp³-hybridized carbons (Fsp3) is 0. The first-order chi connectivity index (χ1) is 19.3. The van der Waals surface area contributed by atoms with Gasteiger partial charge in [-0.05, 0) is 58.3 Å². The van der Waals surface area contributed by atoms with Gasteiger partial charge in [-0.25, -0.2) is 9.37 Å². The SMILES string of the molecule is Fc1ccc(-c2ccc(-n3c(-c4cccc5nsnc45)nc4c5ccccc5c5ccccc5c43)cc2)cc1. The molecule has 2 aromatic heterocycles. The van der Waals surface area contributed by atoms with E-state index < -0.39 is 0 Å². The quantitative estimate of drug-likeness (QED) is 0.218. The lowest BCUT2D eigenvalue weighted by molar-refractivity contribution is 0.628. The summed E-state index contributed by atoms with van der Waals surface area (Å²) in [4.78, 5) is 5.32. The van der Waals surface area contributed by atoms with E-state index in [2.05, 4.69) is 92.2 Å². The fourth-order valence-corrected chi connectivity index (χ4v) is 6.12. The molecule has 0 saturated carbocycles. The minimum absolute atomic E-state index is 0.241. The topological polar surface area (TPSA) is 43.6 Å². The van der Waals surface area contributed by atoms with Crippen LogP contribution in [0.5, 0.6) is 0 Å². The van der Waals surface area contributed by atoms with Crippen LogP contribution in [0, 0.1) is 5.82 Å². The van der Waals surface area contributed by atoms with Gasteiger partial charge in [-0.1, -0.05) is 78.9 Å². The Balaban J connectivity index is 1.48. The van der Waals surface area contributed by atoms with Crippen molar-refractivity contribution in [2.24, 2.45) is 0 Å². The number of aromatic nitrogens is 4. The van der Waals surface area contributed by atoms with Gasteiger partial charge in [0.05, 0.1) is 22.8 Å². The van der Waals surface area contributed by atoms with Gasteiger partial charge < -0.3 is 0 Å². The number of nitrogens with zero attached hydrogens (tertiary/aromatic N) is 4. The average molecular weight is 523 g/mol. The Morgan fingerprint density at radius 2 is 1.21 bits per heavy atom. The molecule has 0 radical (unpaired) electrons. The highest BCUT2D eigenvalue weighted by Crippen LogP contribution is 2.40. The van der Waals surface area contributed by atoms with E-state index in [4.69, 9.17) is 4.98 Å². The number of hydrogen-bond acceptors (Lipinski definition) is 4. The number of benzene rings is 6. The standard InChI is InChI=1S/C33H19FN4S/c34-22-16-12-20(13-17-22)21-14-18-23(19-15-21)38-32-27-9-4-2-7-25(27)24-6-1-3-8-26(24)31(32)35-33(38)28-10-5-11-29-30(28)37-39-36-29/h1-19H. The van der Waals surface area contributed by atoms with Crippen molar-refractivity contribution in [3.8, 4) is 28.2 Å². The predicted molar refractivity (Wildman–Crippen MR) is 158 cm³/mol. The second kappa shape index (κ2) is 8.55. The minimum Gasteiger partial charge on any atom is -0.292 e. The normalized spacial score (nSPS) is 11.7. The van der Waals surface area contributed by atoms with Crippen molar-refractivity contribution in [3.05, 3.63) is 121 Å². The van der Waals surface area contributed by atoms with Gasteiger partial charge in [0, 0.05) is 22.0 Å². The maximum atomic E-state index is 13.5. The Kier molecular flexibility index (Phi) is 4.84. The molecule has 0 aliphatic rings. The molecule has 0 atom stereocenters. The minimum atomic E-state index is -0.241. The molecule has 0 aliphatic heterocycles. The van der Waals surface area contributed by atoms with Crippen molar-refractivity contribution in [1.82, 2.24) is 18.3 Å². The summed E-state index contributed by atoms with van der Waals surface area (Å²) in [6, 6.07) is 38.0. The van der Waals surface area contributed by atoms with Crippen molar-refractivity contribution >= 4 is 55.3 Å². The summed E-state index contributed by atoms with van der Waals surface area (Å²) in [5.74, 6) is 0.578. The fourth-order valence-electron chi connectivity index (χ4n) is 5.57. The van der Waals surface area contributed by atoms with E-state index in [0.29, 0.717) is 0 Å². The molecule has 0 N–H and O–H groups in total. The molecular formula is C33H19FN4S. The highest BCUT2D eigenvalue weighted by Gasteiger charge is 2.22. The van der Waals surface area contributed by atoms with Crippen molar-refractivity contribution in [2.75, 3.05) is 0 Å². The number of rotatable bonds is 3. The molecule has 0 bridgehead atoms. The number of fused-ring (bicyclic) bond motifs is 7. The molecule has 6 aromatic carbocycles. The maximum absolute atomic E-state index is 13.5. The zero-order valence-corrected chi connectivity index (χ0v) is 21.4. The molecule has 0 aliphatic carbocycles. The van der Waals surface area contributed by atoms with Crippen LogP contribution in [-0.2, 0) is 0 Å². The Bertz CT molecular complexity index is 2180. The summed E-state index contributed by atoms with van der Waals surface area (Å²) in [5, 5.41) is 4.61. The van der Waals surface area contributed by atoms with Gasteiger partial charge in [0.15, 0.2) is 0 Å². The van der Waals surface area contributed by atoms with Gasteiger partial charge in [-0.3, -0.25) is 4.57 Å². The monoisotopic (exact) mass is 522 g/mol. The summed E-state index contributed by atoms with van der Waals surface area (Å²) in [6.07, 6.45) is 0. The first-order valence-electron chi connectivity index (χ1n) is 12.7. The summed E-state index contributed by atoms with van der Waals surface area (Å²) < 4.78 is 24.9. The van der Waals surface area contributed by atoms with Crippen molar-refractivity contribution in [3.63, 3.8) is 0 Å². The molecule has 0 spiro atoms. The van der Waals surface area contributed by atoms with E-state index in [0.717, 1.165) is 61.0 Å². The highest BCUT2D eigenvalue weighted by molar-refractivity contribution is 7.00. The van der Waals surface area contributed by atoms with Crippen molar-refractivity contribution < 1.29 is 4.39 Å². The molecular weight excluding hydrogens is 503 g/mol. The van der Waals surface area contributed by atoms with Gasteiger partial charge in [0.25, 0.3) is 0 Å². The molecule has 0 unspecified atom stereocenters. The smallest absolute Gasteiger partial charge is 0.148 e. The third kappa shape index (κ3) is 3.39. The van der Waals surface area contributed by atoms with Gasteiger partial charge in [0.2, 0.25) is 0 Å². The van der Waals surface area contributed by atoms with Gasteiger partial charge >= 0.3 is 0 Å². The molecule has 6 heteroatoms. The van der Waals surface area contributed by atoms with Crippen LogP contribution in [0.4, 0.5) is 4.39 Å². The molecule has 184 valence electrons. The van der Waals surface area contributed by atoms with Crippen LogP contribution >= 0.6 is 11.7 Å². The maximum Gasteiger partial charge on any atom is 0.148 e. The Labute approximate surface area is 226 Å². The number of halogens is 1. The van der Waals surface area contributed by atoms with Crippen molar-refractivity contribution in [2.45, 2.75) is 0 Å². The summed E-state index contributed by atoms with van der Waals surface area (Å²) in [7, 11) is 0. The van der Waals surface area contributed by atoms with E-state index in [1.54, 1.807) is 12.1 Å². The average Bonchev–Trinajstić information content (AvgIpc) is 3.64. The van der Waals surface area contributed by atoms with E-state index in [9.17, 15) is 4.39 Å². The summed E-state index contributed by atoms with van der Waals surface area (Å²) in [6.45, 7) is 0. The molecule has 0 saturated heterocycles. The highest BCUT2D eigenvalue weighted by atomic mass is 32.1. The lowest BCUT2D eigenvalue weighted by Gasteiger charge is -2.13. The first kappa shape index (κ1) is 22.1. The van der Waals surface area contributed by atoms with Crippen LogP contribution in [0.1, 0.15) is 0 Å². The van der Waals surface area contributed by atoms with E-state index in [-0.39, 0.29) is 5.82 Å². The second-order valence-electron chi connectivity index (χ2n) is 9.55. The molecule has 8 aromatic rings. The third-order valence-electron chi connectivity index (χ3n) is 7.36. The molecule has 2 heterocycles. The van der Waals surface area contributed by atoms with E-state index >= 15 is 0 Å². The predicted octanol–water partition coefficient (Wildman–Crippen LogP) is 8.81. The van der Waals surface area contributed by atoms with Gasteiger partial charge in [-0.2, -0.15) is 8.75 Å². The molecule has 8 rings (SSSR count). The van der Waals surface area contributed by atoms with Crippen molar-refractivity contribution in [1.29, 1.82) is 0 Å². The van der Waals surface area contributed by atoms with Crippen LogP contribution in [0.2, 0.25) is 0 Å². The van der Waals surface area contributed by atoms with Gasteiger partial charge in [-0.15, -0.1) is 0 Å². The zero-order valence-electron chi connectivity index (χ0n) is 20.5. The molecule has 0 amide bonds. The Morgan fingerprint density at radius 1 is 0.564 bits per heavy atom. The number of imidazole rings is 1. The van der Waals surface area contributed by atoms with Crippen LogP contribution in [0.15, 0.2) is 115 Å². The molecule has 0 fully saturated rings. The lowest BCUT2D eigenvalue weighted by Crippen LogP contribution is -1.99. The van der Waals surface area contributed by atoms with Crippen LogP contribution < -0.4 is 0 Å². The van der Waals surface area contributed by atoms with Crippen LogP contribution in [0.25, 0.3) is 71.8 Å². The van der Waals surface area contributed by atoms with E-state index in [1.807, 2.05) is 12.1 Å². The number of hydrogen-bond donors (Lipinski definition) is 0. The summed E-state index contributed by atoms with van der Waals surface area (Å²) >= 11 is 1.21. The van der Waals surface area contributed by atoms with Crippen LogP contribution in [-0.4, -0.2) is 18.3 Å². The Hall–Kier alpha value is -4.94. The first-order valence-corrected chi connectivity index (χ1v) is 13.4. The Morgan fingerprint density at radius 3 is 1.95 bits per heavy atom. The molecule has 39 heavy (non-hydrogen) atoms. The second-order valence-corrected chi connectivity index (χ2v) is 10.1. The molecule has 4 nitrogen and oxygen atoms in total. The largest absolute Gasteiger partial charge is 0.292 e. The van der Waals surface area contributed by atoms with Gasteiger partial charge in [0.1, 0.15) is 22.7 Å². The summed E-state index contributed by atoms with van der Waals surface area (Å²) in [5.41, 5.74) is 7.61. The van der Waals surface area contributed by atoms with E-state index in [1.165, 1.54) is 34.6 Å². The lowest BCUT2D eigenvalue weighted by atomic mass is 10.00. The zero-order chi connectivity index (χ0) is 25.9. The van der Waals surface area contributed by atoms with Crippen LogP contribution in [0.3, 0.4) is 0 Å².